The summed E-state index contributed by atoms with van der Waals surface area (Å²) in [5.41, 5.74) is 7.27. The van der Waals surface area contributed by atoms with Crippen LogP contribution >= 0.6 is 0 Å². The third kappa shape index (κ3) is 2.55. The predicted molar refractivity (Wildman–Crippen MR) is 85.1 cm³/mol. The molecule has 25 heavy (non-hydrogen) atoms. The summed E-state index contributed by atoms with van der Waals surface area (Å²) in [5.74, 6) is -1.58. The Morgan fingerprint density at radius 1 is 1.28 bits per heavy atom. The van der Waals surface area contributed by atoms with E-state index < -0.39 is 11.9 Å². The van der Waals surface area contributed by atoms with E-state index in [-0.39, 0.29) is 22.8 Å². The van der Waals surface area contributed by atoms with Crippen LogP contribution in [0.5, 0.6) is 0 Å². The number of carbonyl (C=O) groups excluding carboxylic acids is 2. The Morgan fingerprint density at radius 3 is 2.64 bits per heavy atom. The van der Waals surface area contributed by atoms with E-state index in [1.54, 1.807) is 18.2 Å². The Morgan fingerprint density at radius 2 is 2.00 bits per heavy atom. The monoisotopic (exact) mass is 340 g/mol. The van der Waals surface area contributed by atoms with Gasteiger partial charge in [-0.3, -0.25) is 0 Å². The van der Waals surface area contributed by atoms with Gasteiger partial charge in [0.2, 0.25) is 0 Å². The Labute approximate surface area is 141 Å². The number of oxazole rings is 1. The lowest BCUT2D eigenvalue weighted by atomic mass is 10.2. The number of nitriles is 1. The number of methoxy groups -OCH3 is 2. The van der Waals surface area contributed by atoms with Crippen molar-refractivity contribution < 1.29 is 23.5 Å². The van der Waals surface area contributed by atoms with Gasteiger partial charge in [0, 0.05) is 11.9 Å². The van der Waals surface area contributed by atoms with Gasteiger partial charge in [-0.25, -0.2) is 14.6 Å². The molecule has 1 aromatic carbocycles. The molecule has 0 saturated heterocycles. The fourth-order valence-electron chi connectivity index (χ4n) is 2.36. The normalized spacial score (nSPS) is 10.4. The number of esters is 2. The average Bonchev–Trinajstić information content (AvgIpc) is 3.20. The van der Waals surface area contributed by atoms with E-state index in [2.05, 4.69) is 9.72 Å². The van der Waals surface area contributed by atoms with E-state index in [4.69, 9.17) is 20.1 Å². The molecular weight excluding hydrogens is 328 g/mol. The first kappa shape index (κ1) is 16.1. The lowest BCUT2D eigenvalue weighted by molar-refractivity contribution is 0.0557. The van der Waals surface area contributed by atoms with Gasteiger partial charge >= 0.3 is 17.8 Å². The minimum absolute atomic E-state index is 0.0184. The van der Waals surface area contributed by atoms with Crippen molar-refractivity contribution in [2.75, 3.05) is 20.0 Å². The summed E-state index contributed by atoms with van der Waals surface area (Å²) >= 11 is 0. The first-order chi connectivity index (χ1) is 12.0. The highest BCUT2D eigenvalue weighted by atomic mass is 16.5. The maximum Gasteiger partial charge on any atom is 0.394 e. The highest BCUT2D eigenvalue weighted by Gasteiger charge is 2.22. The first-order valence-corrected chi connectivity index (χ1v) is 6.98. The van der Waals surface area contributed by atoms with Crippen LogP contribution in [0.2, 0.25) is 0 Å². The van der Waals surface area contributed by atoms with Crippen LogP contribution < -0.4 is 5.73 Å². The van der Waals surface area contributed by atoms with Crippen molar-refractivity contribution in [3.05, 3.63) is 41.5 Å². The predicted octanol–water partition coefficient (Wildman–Crippen LogP) is 1.65. The number of carbonyl (C=O) groups is 2. The number of nitrogens with zero attached hydrogens (tertiary/aromatic N) is 3. The van der Waals surface area contributed by atoms with Gasteiger partial charge in [-0.15, -0.1) is 0 Å². The molecule has 0 spiro atoms. The van der Waals surface area contributed by atoms with Gasteiger partial charge in [-0.1, -0.05) is 0 Å². The molecule has 2 N–H and O–H groups in total. The lowest BCUT2D eigenvalue weighted by Crippen LogP contribution is -2.11. The van der Waals surface area contributed by atoms with Gasteiger partial charge in [-0.2, -0.15) is 5.26 Å². The maximum absolute atomic E-state index is 12.0. The van der Waals surface area contributed by atoms with Crippen molar-refractivity contribution in [2.24, 2.45) is 0 Å². The number of nitrogens with two attached hydrogens (primary N) is 1. The number of fused-ring (bicyclic) bond motifs is 1. The number of ether oxygens (including phenoxy) is 2. The van der Waals surface area contributed by atoms with Gasteiger partial charge < -0.3 is 24.2 Å². The van der Waals surface area contributed by atoms with Gasteiger partial charge in [0.25, 0.3) is 0 Å². The second-order valence-corrected chi connectivity index (χ2v) is 4.94. The molecule has 0 aliphatic rings. The summed E-state index contributed by atoms with van der Waals surface area (Å²) in [5, 5.41) is 9.15. The minimum atomic E-state index is -0.704. The fourth-order valence-corrected chi connectivity index (χ4v) is 2.36. The molecule has 0 amide bonds. The Hall–Kier alpha value is -3.80. The molecular formula is C16H12N4O5. The largest absolute Gasteiger partial charge is 0.464 e. The molecule has 0 aliphatic heterocycles. The molecule has 3 aromatic rings. The Balaban J connectivity index is 2.18. The summed E-state index contributed by atoms with van der Waals surface area (Å²) < 4.78 is 16.0. The number of hydrogen-bond donors (Lipinski definition) is 1. The lowest BCUT2D eigenvalue weighted by Gasteiger charge is -2.08. The smallest absolute Gasteiger partial charge is 0.394 e. The molecule has 0 bridgehead atoms. The summed E-state index contributed by atoms with van der Waals surface area (Å²) in [4.78, 5) is 27.6. The van der Waals surface area contributed by atoms with Crippen LogP contribution in [0, 0.1) is 11.3 Å². The standard InChI is InChI=1S/C16H12N4O5/c1-23-15(21)13-12(18)8(6-17)7-20(13)9-3-4-11-10(5-9)19-14(25-11)16(22)24-2/h3-5,7H,18H2,1-2H3. The molecule has 0 unspecified atom stereocenters. The molecule has 0 aliphatic carbocycles. The van der Waals surface area contributed by atoms with Crippen LogP contribution in [-0.4, -0.2) is 35.7 Å². The van der Waals surface area contributed by atoms with Crippen LogP contribution in [-0.2, 0) is 9.47 Å². The maximum atomic E-state index is 12.0. The van der Waals surface area contributed by atoms with Crippen molar-refractivity contribution in [3.63, 3.8) is 0 Å². The topological polar surface area (TPSA) is 133 Å². The molecule has 9 heteroatoms. The quantitative estimate of drug-likeness (QED) is 0.711. The number of benzene rings is 1. The molecule has 0 atom stereocenters. The number of anilines is 1. The summed E-state index contributed by atoms with van der Waals surface area (Å²) in [7, 11) is 2.44. The van der Waals surface area contributed by atoms with Crippen molar-refractivity contribution in [1.29, 1.82) is 5.26 Å². The summed E-state index contributed by atoms with van der Waals surface area (Å²) in [6.45, 7) is 0. The van der Waals surface area contributed by atoms with Gasteiger partial charge in [0.05, 0.1) is 25.5 Å². The zero-order valence-electron chi connectivity index (χ0n) is 13.3. The van der Waals surface area contributed by atoms with E-state index in [1.807, 2.05) is 6.07 Å². The van der Waals surface area contributed by atoms with E-state index in [0.717, 1.165) is 0 Å². The number of hydrogen-bond acceptors (Lipinski definition) is 8. The van der Waals surface area contributed by atoms with Crippen molar-refractivity contribution in [1.82, 2.24) is 9.55 Å². The number of aromatic nitrogens is 2. The molecule has 3 rings (SSSR count). The van der Waals surface area contributed by atoms with Crippen LogP contribution in [0.25, 0.3) is 16.8 Å². The Bertz CT molecular complexity index is 1040. The van der Waals surface area contributed by atoms with Crippen LogP contribution in [0.4, 0.5) is 5.69 Å². The van der Waals surface area contributed by atoms with E-state index in [0.29, 0.717) is 16.8 Å². The summed E-state index contributed by atoms with van der Waals surface area (Å²) in [6.07, 6.45) is 1.42. The Kier molecular flexibility index (Phi) is 3.86. The molecule has 2 aromatic heterocycles. The summed E-state index contributed by atoms with van der Waals surface area (Å²) in [6, 6.07) is 6.70. The van der Waals surface area contributed by atoms with Gasteiger partial charge in [0.1, 0.15) is 11.6 Å². The molecule has 0 saturated carbocycles. The SMILES string of the molecule is COC(=O)c1nc2cc(-n3cc(C#N)c(N)c3C(=O)OC)ccc2o1. The zero-order valence-corrected chi connectivity index (χ0v) is 13.3. The average molecular weight is 340 g/mol. The van der Waals surface area contributed by atoms with E-state index in [9.17, 15) is 9.59 Å². The van der Waals surface area contributed by atoms with Gasteiger partial charge in [0.15, 0.2) is 11.3 Å². The third-order valence-corrected chi connectivity index (χ3v) is 3.55. The van der Waals surface area contributed by atoms with Gasteiger partial charge in [-0.05, 0) is 18.2 Å². The molecule has 2 heterocycles. The number of rotatable bonds is 3. The second-order valence-electron chi connectivity index (χ2n) is 4.94. The van der Waals surface area contributed by atoms with Crippen LogP contribution in [0.3, 0.4) is 0 Å². The third-order valence-electron chi connectivity index (χ3n) is 3.55. The second kappa shape index (κ2) is 6.01. The van der Waals surface area contributed by atoms with Crippen LogP contribution in [0.1, 0.15) is 26.7 Å². The molecule has 126 valence electrons. The molecule has 0 radical (unpaired) electrons. The highest BCUT2D eigenvalue weighted by molar-refractivity contribution is 5.96. The van der Waals surface area contributed by atoms with Crippen molar-refractivity contribution in [3.8, 4) is 11.8 Å². The fraction of sp³-hybridized carbons (Fsp3) is 0.125. The highest BCUT2D eigenvalue weighted by Crippen LogP contribution is 2.27. The van der Waals surface area contributed by atoms with Crippen molar-refractivity contribution in [2.45, 2.75) is 0 Å². The number of nitrogen functional groups attached to an aromatic ring is 1. The molecule has 9 nitrogen and oxygen atoms in total. The van der Waals surface area contributed by atoms with E-state index >= 15 is 0 Å². The van der Waals surface area contributed by atoms with Crippen molar-refractivity contribution >= 4 is 28.7 Å². The molecule has 0 fully saturated rings. The first-order valence-electron chi connectivity index (χ1n) is 6.98. The zero-order chi connectivity index (χ0) is 18.1. The van der Waals surface area contributed by atoms with Crippen LogP contribution in [0.15, 0.2) is 28.8 Å². The van der Waals surface area contributed by atoms with E-state index in [1.165, 1.54) is 25.0 Å². The minimum Gasteiger partial charge on any atom is -0.464 e.